The monoisotopic (exact) mass is 353 g/mol. The fraction of sp³-hybridized carbons (Fsp3) is 0.471. The molecule has 1 N–H and O–H groups in total. The molecular weight excluding hydrogens is 330 g/mol. The molecule has 1 rings (SSSR count). The van der Waals surface area contributed by atoms with Gasteiger partial charge in [-0.2, -0.15) is 0 Å². The average Bonchev–Trinajstić information content (AvgIpc) is 2.62. The van der Waals surface area contributed by atoms with Crippen molar-refractivity contribution in [3.63, 3.8) is 0 Å². The summed E-state index contributed by atoms with van der Waals surface area (Å²) in [5.74, 6) is -1.73. The van der Waals surface area contributed by atoms with Crippen molar-refractivity contribution in [3.05, 3.63) is 29.8 Å². The van der Waals surface area contributed by atoms with Gasteiger partial charge in [0.15, 0.2) is 6.61 Å². The Morgan fingerprint density at radius 2 is 1.83 bits per heavy atom. The summed E-state index contributed by atoms with van der Waals surface area (Å²) >= 11 is 1.56. The second kappa shape index (κ2) is 9.97. The molecule has 0 unspecified atom stereocenters. The molecule has 0 radical (unpaired) electrons. The first kappa shape index (κ1) is 20.0. The SMILES string of the molecule is CC[C@@H](C)[C@@H](NC(=O)COC(=O)c1ccc(SC)cc1)C(=O)OC. The van der Waals surface area contributed by atoms with Crippen LogP contribution in [0, 0.1) is 5.92 Å². The molecule has 0 saturated carbocycles. The number of nitrogens with one attached hydrogen (secondary N) is 1. The Bertz CT molecular complexity index is 573. The zero-order valence-electron chi connectivity index (χ0n) is 14.3. The van der Waals surface area contributed by atoms with Crippen LogP contribution in [-0.4, -0.2) is 43.9 Å². The van der Waals surface area contributed by atoms with Crippen LogP contribution in [0.4, 0.5) is 0 Å². The molecule has 0 aliphatic carbocycles. The third kappa shape index (κ3) is 5.88. The average molecular weight is 353 g/mol. The Labute approximate surface area is 146 Å². The molecule has 0 bridgehead atoms. The molecular formula is C17H23NO5S. The number of carbonyl (C=O) groups excluding carboxylic acids is 3. The molecule has 132 valence electrons. The van der Waals surface area contributed by atoms with Crippen LogP contribution in [-0.2, 0) is 19.1 Å². The van der Waals surface area contributed by atoms with Gasteiger partial charge in [-0.25, -0.2) is 9.59 Å². The van der Waals surface area contributed by atoms with Crippen LogP contribution in [0.3, 0.4) is 0 Å². The van der Waals surface area contributed by atoms with E-state index >= 15 is 0 Å². The molecule has 0 spiro atoms. The predicted molar refractivity (Wildman–Crippen MR) is 91.9 cm³/mol. The highest BCUT2D eigenvalue weighted by atomic mass is 32.2. The Balaban J connectivity index is 2.57. The van der Waals surface area contributed by atoms with Crippen molar-refractivity contribution in [2.45, 2.75) is 31.2 Å². The Kier molecular flexibility index (Phi) is 8.32. The first-order valence-electron chi connectivity index (χ1n) is 7.61. The molecule has 24 heavy (non-hydrogen) atoms. The summed E-state index contributed by atoms with van der Waals surface area (Å²) < 4.78 is 9.67. The quantitative estimate of drug-likeness (QED) is 0.570. The zero-order valence-corrected chi connectivity index (χ0v) is 15.1. The minimum absolute atomic E-state index is 0.0869. The van der Waals surface area contributed by atoms with Crippen molar-refractivity contribution in [1.29, 1.82) is 0 Å². The number of carbonyl (C=O) groups is 3. The molecule has 6 nitrogen and oxygen atoms in total. The fourth-order valence-corrected chi connectivity index (χ4v) is 2.36. The summed E-state index contributed by atoms with van der Waals surface area (Å²) in [4.78, 5) is 36.6. The number of amides is 1. The second-order valence-electron chi connectivity index (χ2n) is 5.26. The summed E-state index contributed by atoms with van der Waals surface area (Å²) in [5.41, 5.74) is 0.368. The number of esters is 2. The number of rotatable bonds is 8. The van der Waals surface area contributed by atoms with Gasteiger partial charge in [0.1, 0.15) is 6.04 Å². The molecule has 1 aromatic carbocycles. The lowest BCUT2D eigenvalue weighted by Gasteiger charge is -2.21. The van der Waals surface area contributed by atoms with E-state index in [2.05, 4.69) is 10.1 Å². The van der Waals surface area contributed by atoms with E-state index in [9.17, 15) is 14.4 Å². The lowest BCUT2D eigenvalue weighted by atomic mass is 9.99. The molecule has 0 aliphatic rings. The summed E-state index contributed by atoms with van der Waals surface area (Å²) in [6.07, 6.45) is 2.63. The van der Waals surface area contributed by atoms with Crippen molar-refractivity contribution in [2.75, 3.05) is 20.0 Å². The standard InChI is InChI=1S/C17H23NO5S/c1-5-11(2)15(17(21)22-3)18-14(19)10-23-16(20)12-6-8-13(24-4)9-7-12/h6-9,11,15H,5,10H2,1-4H3,(H,18,19)/t11-,15-/m1/s1. The molecule has 1 aromatic rings. The summed E-state index contributed by atoms with van der Waals surface area (Å²) in [6, 6.07) is 6.13. The van der Waals surface area contributed by atoms with Crippen LogP contribution in [0.25, 0.3) is 0 Å². The number of ether oxygens (including phenoxy) is 2. The minimum Gasteiger partial charge on any atom is -0.467 e. The molecule has 2 atom stereocenters. The molecule has 0 saturated heterocycles. The molecule has 0 aromatic heterocycles. The van der Waals surface area contributed by atoms with Gasteiger partial charge in [0.25, 0.3) is 5.91 Å². The normalized spacial score (nSPS) is 12.8. The highest BCUT2D eigenvalue weighted by molar-refractivity contribution is 7.98. The van der Waals surface area contributed by atoms with Gasteiger partial charge in [0.05, 0.1) is 12.7 Å². The van der Waals surface area contributed by atoms with Gasteiger partial charge in [-0.15, -0.1) is 11.8 Å². The van der Waals surface area contributed by atoms with Gasteiger partial charge in [-0.05, 0) is 36.4 Å². The maximum Gasteiger partial charge on any atom is 0.338 e. The van der Waals surface area contributed by atoms with Crippen LogP contribution in [0.1, 0.15) is 30.6 Å². The van der Waals surface area contributed by atoms with E-state index in [0.29, 0.717) is 12.0 Å². The van der Waals surface area contributed by atoms with E-state index in [-0.39, 0.29) is 5.92 Å². The van der Waals surface area contributed by atoms with E-state index in [4.69, 9.17) is 4.74 Å². The van der Waals surface area contributed by atoms with E-state index in [1.54, 1.807) is 36.0 Å². The third-order valence-electron chi connectivity index (χ3n) is 3.64. The summed E-state index contributed by atoms with van der Waals surface area (Å²) in [7, 11) is 1.27. The topological polar surface area (TPSA) is 81.7 Å². The van der Waals surface area contributed by atoms with E-state index in [1.165, 1.54) is 7.11 Å². The molecule has 0 aliphatic heterocycles. The second-order valence-corrected chi connectivity index (χ2v) is 6.14. The van der Waals surface area contributed by atoms with Gasteiger partial charge in [-0.1, -0.05) is 20.3 Å². The number of thioether (sulfide) groups is 1. The highest BCUT2D eigenvalue weighted by Crippen LogP contribution is 2.15. The highest BCUT2D eigenvalue weighted by Gasteiger charge is 2.27. The van der Waals surface area contributed by atoms with Crippen LogP contribution < -0.4 is 5.32 Å². The lowest BCUT2D eigenvalue weighted by molar-refractivity contribution is -0.147. The number of hydrogen-bond donors (Lipinski definition) is 1. The van der Waals surface area contributed by atoms with Crippen molar-refractivity contribution in [3.8, 4) is 0 Å². The Morgan fingerprint density at radius 3 is 2.33 bits per heavy atom. The third-order valence-corrected chi connectivity index (χ3v) is 4.39. The Morgan fingerprint density at radius 1 is 1.21 bits per heavy atom. The van der Waals surface area contributed by atoms with Gasteiger partial charge >= 0.3 is 11.9 Å². The largest absolute Gasteiger partial charge is 0.467 e. The summed E-state index contributed by atoms with van der Waals surface area (Å²) in [5, 5.41) is 2.55. The number of methoxy groups -OCH3 is 1. The fourth-order valence-electron chi connectivity index (χ4n) is 1.95. The smallest absolute Gasteiger partial charge is 0.338 e. The first-order chi connectivity index (χ1) is 11.4. The summed E-state index contributed by atoms with van der Waals surface area (Å²) in [6.45, 7) is 3.29. The van der Waals surface area contributed by atoms with Crippen LogP contribution in [0.5, 0.6) is 0 Å². The minimum atomic E-state index is -0.757. The maximum atomic E-state index is 11.9. The van der Waals surface area contributed by atoms with Crippen LogP contribution >= 0.6 is 11.8 Å². The molecule has 0 fully saturated rings. The van der Waals surface area contributed by atoms with Crippen LogP contribution in [0.2, 0.25) is 0 Å². The Hall–Kier alpha value is -2.02. The van der Waals surface area contributed by atoms with Crippen molar-refractivity contribution >= 4 is 29.6 Å². The van der Waals surface area contributed by atoms with Gasteiger partial charge in [-0.3, -0.25) is 4.79 Å². The van der Waals surface area contributed by atoms with Crippen molar-refractivity contribution in [2.24, 2.45) is 5.92 Å². The van der Waals surface area contributed by atoms with Gasteiger partial charge in [0.2, 0.25) is 0 Å². The van der Waals surface area contributed by atoms with Crippen LogP contribution in [0.15, 0.2) is 29.2 Å². The van der Waals surface area contributed by atoms with Crippen molar-refractivity contribution < 1.29 is 23.9 Å². The van der Waals surface area contributed by atoms with Gasteiger partial charge < -0.3 is 14.8 Å². The van der Waals surface area contributed by atoms with E-state index in [1.807, 2.05) is 20.1 Å². The number of benzene rings is 1. The predicted octanol–water partition coefficient (Wildman–Crippen LogP) is 2.27. The van der Waals surface area contributed by atoms with E-state index < -0.39 is 30.5 Å². The molecule has 0 heterocycles. The molecule has 7 heteroatoms. The lowest BCUT2D eigenvalue weighted by Crippen LogP contribution is -2.47. The zero-order chi connectivity index (χ0) is 18.1. The molecule has 1 amide bonds. The van der Waals surface area contributed by atoms with Crippen molar-refractivity contribution in [1.82, 2.24) is 5.32 Å². The maximum absolute atomic E-state index is 11.9. The van der Waals surface area contributed by atoms with Gasteiger partial charge in [0, 0.05) is 4.90 Å². The number of hydrogen-bond acceptors (Lipinski definition) is 6. The first-order valence-corrected chi connectivity index (χ1v) is 8.83. The van der Waals surface area contributed by atoms with E-state index in [0.717, 1.165) is 4.90 Å².